The van der Waals surface area contributed by atoms with Crippen molar-refractivity contribution >= 4 is 16.2 Å². The van der Waals surface area contributed by atoms with Gasteiger partial charge in [0.25, 0.3) is 0 Å². The van der Waals surface area contributed by atoms with E-state index in [1.807, 2.05) is 0 Å². The van der Waals surface area contributed by atoms with Gasteiger partial charge in [0.1, 0.15) is 10.1 Å². The number of rotatable bonds is 2. The SMILES string of the molecule is C=Cc1ccc(S(=O)(=O)[O-])cc1.[NH4+]. The molecule has 0 spiro atoms. The highest BCUT2D eigenvalue weighted by molar-refractivity contribution is 7.85. The summed E-state index contributed by atoms with van der Waals surface area (Å²) in [6.07, 6.45) is 1.57. The van der Waals surface area contributed by atoms with Crippen LogP contribution in [-0.4, -0.2) is 13.0 Å². The molecule has 0 saturated heterocycles. The third-order valence-corrected chi connectivity index (χ3v) is 2.25. The third kappa shape index (κ3) is 2.98. The van der Waals surface area contributed by atoms with Gasteiger partial charge in [-0.3, -0.25) is 0 Å². The van der Waals surface area contributed by atoms with E-state index in [4.69, 9.17) is 0 Å². The van der Waals surface area contributed by atoms with E-state index in [2.05, 4.69) is 6.58 Å². The fourth-order valence-electron chi connectivity index (χ4n) is 0.771. The molecule has 1 aromatic rings. The Bertz CT molecular complexity index is 380. The van der Waals surface area contributed by atoms with Gasteiger partial charge >= 0.3 is 0 Å². The zero-order chi connectivity index (χ0) is 9.19. The predicted octanol–water partition coefficient (Wildman–Crippen LogP) is 1.61. The molecule has 5 heteroatoms. The lowest BCUT2D eigenvalue weighted by Crippen LogP contribution is -1.97. The van der Waals surface area contributed by atoms with Gasteiger partial charge in [-0.25, -0.2) is 8.42 Å². The topological polar surface area (TPSA) is 93.7 Å². The predicted molar refractivity (Wildman–Crippen MR) is 50.5 cm³/mol. The van der Waals surface area contributed by atoms with E-state index >= 15 is 0 Å². The van der Waals surface area contributed by atoms with E-state index < -0.39 is 10.1 Å². The fourth-order valence-corrected chi connectivity index (χ4v) is 1.24. The summed E-state index contributed by atoms with van der Waals surface area (Å²) in [6, 6.07) is 5.58. The van der Waals surface area contributed by atoms with Gasteiger partial charge in [0.05, 0.1) is 4.90 Å². The van der Waals surface area contributed by atoms with Crippen LogP contribution < -0.4 is 6.15 Å². The molecule has 4 nitrogen and oxygen atoms in total. The van der Waals surface area contributed by atoms with Crippen molar-refractivity contribution in [2.75, 3.05) is 0 Å². The molecule has 72 valence electrons. The maximum absolute atomic E-state index is 10.5. The summed E-state index contributed by atoms with van der Waals surface area (Å²) in [4.78, 5) is -0.215. The molecule has 4 N–H and O–H groups in total. The minimum absolute atomic E-state index is 0. The van der Waals surface area contributed by atoms with Crippen LogP contribution in [-0.2, 0) is 10.1 Å². The highest BCUT2D eigenvalue weighted by atomic mass is 32.2. The van der Waals surface area contributed by atoms with Crippen LogP contribution in [0.15, 0.2) is 35.7 Å². The number of hydrogen-bond acceptors (Lipinski definition) is 3. The molecule has 0 aliphatic rings. The van der Waals surface area contributed by atoms with E-state index in [1.54, 1.807) is 6.08 Å². The van der Waals surface area contributed by atoms with Gasteiger partial charge in [0.2, 0.25) is 0 Å². The smallest absolute Gasteiger partial charge is 0.124 e. The van der Waals surface area contributed by atoms with Crippen molar-refractivity contribution < 1.29 is 13.0 Å². The highest BCUT2D eigenvalue weighted by Gasteiger charge is 1.98. The standard InChI is InChI=1S/C8H8O3S.H3N/c1-2-7-3-5-8(6-4-7)12(9,10)11;/h2-6H,1H2,(H,9,10,11);1H3. The van der Waals surface area contributed by atoms with Gasteiger partial charge in [-0.2, -0.15) is 0 Å². The number of quaternary nitrogens is 1. The van der Waals surface area contributed by atoms with Gasteiger partial charge in [-0.15, -0.1) is 0 Å². The van der Waals surface area contributed by atoms with Crippen LogP contribution in [0.5, 0.6) is 0 Å². The molecule has 0 heterocycles. The third-order valence-electron chi connectivity index (χ3n) is 1.40. The normalized spacial score (nSPS) is 10.2. The Balaban J connectivity index is 0.00000144. The Morgan fingerprint density at radius 2 is 1.69 bits per heavy atom. The summed E-state index contributed by atoms with van der Waals surface area (Å²) in [5, 5.41) is 0. The number of benzene rings is 1. The van der Waals surface area contributed by atoms with Crippen molar-refractivity contribution in [3.05, 3.63) is 36.4 Å². The van der Waals surface area contributed by atoms with Crippen molar-refractivity contribution in [1.82, 2.24) is 6.15 Å². The van der Waals surface area contributed by atoms with Gasteiger partial charge < -0.3 is 10.7 Å². The molecule has 1 rings (SSSR count). The van der Waals surface area contributed by atoms with Crippen LogP contribution in [0.2, 0.25) is 0 Å². The summed E-state index contributed by atoms with van der Waals surface area (Å²) < 4.78 is 31.4. The molecule has 0 atom stereocenters. The minimum atomic E-state index is -4.31. The average molecular weight is 201 g/mol. The van der Waals surface area contributed by atoms with Gasteiger partial charge in [0.15, 0.2) is 0 Å². The van der Waals surface area contributed by atoms with Crippen molar-refractivity contribution in [3.8, 4) is 0 Å². The minimum Gasteiger partial charge on any atom is -0.744 e. The first-order chi connectivity index (χ1) is 5.54. The second-order valence-corrected chi connectivity index (χ2v) is 3.61. The zero-order valence-corrected chi connectivity index (χ0v) is 8.04. The number of hydrogen-bond donors (Lipinski definition) is 1. The molecule has 0 aliphatic heterocycles. The monoisotopic (exact) mass is 201 g/mol. The highest BCUT2D eigenvalue weighted by Crippen LogP contribution is 2.10. The lowest BCUT2D eigenvalue weighted by atomic mass is 10.2. The lowest BCUT2D eigenvalue weighted by molar-refractivity contribution is 0.463. The van der Waals surface area contributed by atoms with Crippen LogP contribution >= 0.6 is 0 Å². The Morgan fingerprint density at radius 3 is 2.00 bits per heavy atom. The zero-order valence-electron chi connectivity index (χ0n) is 7.23. The molecule has 1 aromatic carbocycles. The maximum Gasteiger partial charge on any atom is 0.124 e. The van der Waals surface area contributed by atoms with Crippen LogP contribution in [0.3, 0.4) is 0 Å². The molecule has 0 aliphatic carbocycles. The molecule has 0 amide bonds. The molecule has 13 heavy (non-hydrogen) atoms. The first kappa shape index (κ1) is 11.8. The molecule has 0 unspecified atom stereocenters. The second kappa shape index (κ2) is 4.18. The summed E-state index contributed by atoms with van der Waals surface area (Å²) in [7, 11) is -4.31. The van der Waals surface area contributed by atoms with Crippen molar-refractivity contribution in [2.45, 2.75) is 4.90 Å². The first-order valence-corrected chi connectivity index (χ1v) is 4.63. The van der Waals surface area contributed by atoms with E-state index in [0.29, 0.717) is 0 Å². The molecule has 0 bridgehead atoms. The van der Waals surface area contributed by atoms with Crippen LogP contribution in [0.25, 0.3) is 6.08 Å². The Morgan fingerprint density at radius 1 is 1.23 bits per heavy atom. The quantitative estimate of drug-likeness (QED) is 0.736. The molecule has 0 radical (unpaired) electrons. The first-order valence-electron chi connectivity index (χ1n) is 3.22. The van der Waals surface area contributed by atoms with Crippen molar-refractivity contribution in [1.29, 1.82) is 0 Å². The van der Waals surface area contributed by atoms with Gasteiger partial charge in [-0.05, 0) is 17.7 Å². The Kier molecular flexibility index (Phi) is 3.80. The average Bonchev–Trinajstić information content (AvgIpc) is 2.03. The largest absolute Gasteiger partial charge is 0.744 e. The van der Waals surface area contributed by atoms with Crippen LogP contribution in [0, 0.1) is 0 Å². The van der Waals surface area contributed by atoms with Gasteiger partial charge in [-0.1, -0.05) is 24.8 Å². The van der Waals surface area contributed by atoms with E-state index in [1.165, 1.54) is 24.3 Å². The van der Waals surface area contributed by atoms with E-state index in [0.717, 1.165) is 5.56 Å². The Hall–Kier alpha value is -1.17. The summed E-state index contributed by atoms with van der Waals surface area (Å²) in [6.45, 7) is 3.50. The van der Waals surface area contributed by atoms with Crippen LogP contribution in [0.4, 0.5) is 0 Å². The lowest BCUT2D eigenvalue weighted by Gasteiger charge is -2.05. The Labute approximate surface area is 77.2 Å². The second-order valence-electron chi connectivity index (χ2n) is 2.23. The molecule has 0 saturated carbocycles. The van der Waals surface area contributed by atoms with Gasteiger partial charge in [0, 0.05) is 0 Å². The molecule has 0 aromatic heterocycles. The van der Waals surface area contributed by atoms with Crippen LogP contribution in [0.1, 0.15) is 5.56 Å². The van der Waals surface area contributed by atoms with E-state index in [-0.39, 0.29) is 11.0 Å². The van der Waals surface area contributed by atoms with E-state index in [9.17, 15) is 13.0 Å². The molecule has 0 fully saturated rings. The van der Waals surface area contributed by atoms with Crippen molar-refractivity contribution in [3.63, 3.8) is 0 Å². The van der Waals surface area contributed by atoms with Crippen molar-refractivity contribution in [2.24, 2.45) is 0 Å². The summed E-state index contributed by atoms with van der Waals surface area (Å²) in [5.74, 6) is 0. The fraction of sp³-hybridized carbons (Fsp3) is 0. The molecular weight excluding hydrogens is 190 g/mol. The summed E-state index contributed by atoms with van der Waals surface area (Å²) >= 11 is 0. The summed E-state index contributed by atoms with van der Waals surface area (Å²) in [5.41, 5.74) is 0.780. The molecular formula is C8H11NO3S. The maximum atomic E-state index is 10.5.